The lowest BCUT2D eigenvalue weighted by Gasteiger charge is -2.26. The molecule has 2 aromatic rings. The standard InChI is InChI=1S/C26H29BrF2N2O3/c27-17-6-7-20-21(12-17)22-14-25(20)34-8-4-2-1-3-5-26(33)31-23(24(32)15-30-22)11-16-9-18(28)13-19(29)10-16/h2,4,6-7,9-10,12-13,22-25,30,32H,1,3,5,8,11,14-15H2,(H,31,33)/t22-,23-,24+,25+/m0/s1. The molecule has 0 fully saturated rings. The summed E-state index contributed by atoms with van der Waals surface area (Å²) in [6.07, 6.45) is 5.49. The molecule has 1 aliphatic heterocycles. The molecule has 2 aromatic carbocycles. The lowest BCUT2D eigenvalue weighted by atomic mass is 9.99. The molecule has 2 bridgehead atoms. The number of ether oxygens (including phenoxy) is 1. The second kappa shape index (κ2) is 11.5. The second-order valence-electron chi connectivity index (χ2n) is 8.88. The van der Waals surface area contributed by atoms with Crippen LogP contribution in [0.15, 0.2) is 53.0 Å². The molecule has 182 valence electrons. The van der Waals surface area contributed by atoms with Crippen LogP contribution in [0.3, 0.4) is 0 Å². The van der Waals surface area contributed by atoms with Gasteiger partial charge in [0.2, 0.25) is 5.91 Å². The van der Waals surface area contributed by atoms with Gasteiger partial charge in [0.05, 0.1) is 24.9 Å². The summed E-state index contributed by atoms with van der Waals surface area (Å²) in [7, 11) is 0. The largest absolute Gasteiger partial charge is 0.390 e. The average Bonchev–Trinajstić information content (AvgIpc) is 3.11. The molecule has 0 unspecified atom stereocenters. The van der Waals surface area contributed by atoms with Gasteiger partial charge in [0.15, 0.2) is 0 Å². The highest BCUT2D eigenvalue weighted by atomic mass is 79.9. The fourth-order valence-corrected chi connectivity index (χ4v) is 5.03. The average molecular weight is 535 g/mol. The number of allylic oxidation sites excluding steroid dienone is 1. The Labute approximate surface area is 206 Å². The van der Waals surface area contributed by atoms with Crippen LogP contribution in [0.2, 0.25) is 0 Å². The zero-order valence-corrected chi connectivity index (χ0v) is 20.4. The van der Waals surface area contributed by atoms with Gasteiger partial charge in [0.25, 0.3) is 0 Å². The van der Waals surface area contributed by atoms with E-state index >= 15 is 0 Å². The number of rotatable bonds is 2. The van der Waals surface area contributed by atoms with Crippen LogP contribution in [0.1, 0.15) is 54.5 Å². The van der Waals surface area contributed by atoms with Crippen molar-refractivity contribution in [1.82, 2.24) is 10.6 Å². The number of fused-ring (bicyclic) bond motifs is 5. The van der Waals surface area contributed by atoms with E-state index in [-0.39, 0.29) is 31.0 Å². The highest BCUT2D eigenvalue weighted by Gasteiger charge is 2.32. The van der Waals surface area contributed by atoms with Gasteiger partial charge in [-0.15, -0.1) is 0 Å². The van der Waals surface area contributed by atoms with E-state index < -0.39 is 23.8 Å². The number of aliphatic hydroxyl groups is 1. The third kappa shape index (κ3) is 6.50. The molecule has 0 spiro atoms. The molecular formula is C26H29BrF2N2O3. The molecule has 4 atom stereocenters. The Kier molecular flexibility index (Phi) is 8.47. The summed E-state index contributed by atoms with van der Waals surface area (Å²) in [6.45, 7) is 0.694. The zero-order valence-electron chi connectivity index (χ0n) is 18.8. The summed E-state index contributed by atoms with van der Waals surface area (Å²) >= 11 is 3.53. The number of benzene rings is 2. The Balaban J connectivity index is 1.55. The Morgan fingerprint density at radius 2 is 1.88 bits per heavy atom. The number of halogens is 3. The molecule has 1 amide bonds. The molecule has 4 rings (SSSR count). The molecule has 1 aliphatic carbocycles. The van der Waals surface area contributed by atoms with Crippen molar-refractivity contribution in [2.45, 2.75) is 56.4 Å². The van der Waals surface area contributed by atoms with Crippen molar-refractivity contribution in [2.75, 3.05) is 13.2 Å². The van der Waals surface area contributed by atoms with E-state index in [4.69, 9.17) is 4.74 Å². The summed E-state index contributed by atoms with van der Waals surface area (Å²) in [5.74, 6) is -1.57. The number of carbonyl (C=O) groups is 1. The highest BCUT2D eigenvalue weighted by Crippen LogP contribution is 2.42. The lowest BCUT2D eigenvalue weighted by molar-refractivity contribution is -0.122. The molecule has 0 aromatic heterocycles. The number of amides is 1. The maximum Gasteiger partial charge on any atom is 0.220 e. The topological polar surface area (TPSA) is 70.6 Å². The molecule has 5 nitrogen and oxygen atoms in total. The maximum absolute atomic E-state index is 13.7. The molecule has 8 heteroatoms. The van der Waals surface area contributed by atoms with Crippen LogP contribution >= 0.6 is 15.9 Å². The number of hydrogen-bond acceptors (Lipinski definition) is 4. The summed E-state index contributed by atoms with van der Waals surface area (Å²) in [5, 5.41) is 17.3. The predicted molar refractivity (Wildman–Crippen MR) is 129 cm³/mol. The van der Waals surface area contributed by atoms with Crippen LogP contribution in [0.5, 0.6) is 0 Å². The third-order valence-corrected chi connectivity index (χ3v) is 6.81. The minimum absolute atomic E-state index is 0.0352. The fourth-order valence-electron chi connectivity index (χ4n) is 4.65. The number of nitrogens with one attached hydrogen (secondary N) is 2. The molecule has 0 radical (unpaired) electrons. The number of carbonyl (C=O) groups excluding carboxylic acids is 1. The van der Waals surface area contributed by atoms with Crippen molar-refractivity contribution in [1.29, 1.82) is 0 Å². The van der Waals surface area contributed by atoms with Crippen LogP contribution in [-0.2, 0) is 16.0 Å². The van der Waals surface area contributed by atoms with Gasteiger partial charge in [0.1, 0.15) is 11.6 Å². The monoisotopic (exact) mass is 534 g/mol. The number of aliphatic hydroxyl groups excluding tert-OH is 1. The normalized spacial score (nSPS) is 26.2. The first kappa shape index (κ1) is 25.0. The highest BCUT2D eigenvalue weighted by molar-refractivity contribution is 9.10. The van der Waals surface area contributed by atoms with Gasteiger partial charge in [-0.05, 0) is 66.6 Å². The Bertz CT molecular complexity index is 1030. The summed E-state index contributed by atoms with van der Waals surface area (Å²) in [4.78, 5) is 12.5. The van der Waals surface area contributed by atoms with Gasteiger partial charge in [-0.1, -0.05) is 34.1 Å². The second-order valence-corrected chi connectivity index (χ2v) is 9.79. The van der Waals surface area contributed by atoms with E-state index in [9.17, 15) is 18.7 Å². The van der Waals surface area contributed by atoms with E-state index in [0.717, 1.165) is 34.5 Å². The van der Waals surface area contributed by atoms with Gasteiger partial charge >= 0.3 is 0 Å². The van der Waals surface area contributed by atoms with E-state index in [0.29, 0.717) is 25.0 Å². The maximum atomic E-state index is 13.7. The molecule has 2 aliphatic rings. The van der Waals surface area contributed by atoms with Crippen molar-refractivity contribution >= 4 is 21.8 Å². The number of β-amino-alcohol motifs (C(OH)–C–C–N with tert-alkyl or cyclic N) is 1. The van der Waals surface area contributed by atoms with Crippen LogP contribution < -0.4 is 10.6 Å². The van der Waals surface area contributed by atoms with Gasteiger partial charge < -0.3 is 20.5 Å². The summed E-state index contributed by atoms with van der Waals surface area (Å²) in [6, 6.07) is 8.64. The van der Waals surface area contributed by atoms with Gasteiger partial charge in [-0.2, -0.15) is 0 Å². The van der Waals surface area contributed by atoms with E-state index in [1.807, 2.05) is 18.2 Å². The van der Waals surface area contributed by atoms with Gasteiger partial charge in [-0.3, -0.25) is 4.79 Å². The van der Waals surface area contributed by atoms with E-state index in [1.54, 1.807) is 0 Å². The first-order valence-corrected chi connectivity index (χ1v) is 12.4. The number of hydrogen-bond donors (Lipinski definition) is 3. The summed E-state index contributed by atoms with van der Waals surface area (Å²) in [5.41, 5.74) is 2.60. The minimum atomic E-state index is -0.960. The zero-order chi connectivity index (χ0) is 24.1. The van der Waals surface area contributed by atoms with Gasteiger partial charge in [0, 0.05) is 29.5 Å². The Morgan fingerprint density at radius 1 is 1.09 bits per heavy atom. The smallest absolute Gasteiger partial charge is 0.220 e. The molecular weight excluding hydrogens is 506 g/mol. The van der Waals surface area contributed by atoms with E-state index in [2.05, 4.69) is 38.7 Å². The van der Waals surface area contributed by atoms with Crippen LogP contribution in [-0.4, -0.2) is 36.3 Å². The molecule has 0 saturated carbocycles. The van der Waals surface area contributed by atoms with Crippen molar-refractivity contribution in [2.24, 2.45) is 0 Å². The van der Waals surface area contributed by atoms with Crippen LogP contribution in [0.4, 0.5) is 8.78 Å². The van der Waals surface area contributed by atoms with E-state index in [1.165, 1.54) is 12.1 Å². The molecule has 3 N–H and O–H groups in total. The summed E-state index contributed by atoms with van der Waals surface area (Å²) < 4.78 is 34.5. The van der Waals surface area contributed by atoms with Crippen LogP contribution in [0, 0.1) is 11.6 Å². The first-order valence-electron chi connectivity index (χ1n) is 11.6. The SMILES string of the molecule is O=C1CCCC=CCO[C@@H]2C[C@H](NC[C@@H](O)[C@H](Cc3cc(F)cc(F)c3)N1)c1cc(Br)ccc12. The fraction of sp³-hybridized carbons (Fsp3) is 0.423. The predicted octanol–water partition coefficient (Wildman–Crippen LogP) is 4.65. The lowest BCUT2D eigenvalue weighted by Crippen LogP contribution is -2.49. The quantitative estimate of drug-likeness (QED) is 0.490. The minimum Gasteiger partial charge on any atom is -0.390 e. The van der Waals surface area contributed by atoms with Crippen molar-refractivity contribution in [3.05, 3.63) is 81.3 Å². The van der Waals surface area contributed by atoms with Crippen molar-refractivity contribution in [3.63, 3.8) is 0 Å². The first-order chi connectivity index (χ1) is 16.4. The molecule has 34 heavy (non-hydrogen) atoms. The van der Waals surface area contributed by atoms with Crippen LogP contribution in [0.25, 0.3) is 0 Å². The Hall–Kier alpha value is -2.13. The van der Waals surface area contributed by atoms with Gasteiger partial charge in [-0.25, -0.2) is 8.78 Å². The molecule has 0 saturated heterocycles. The van der Waals surface area contributed by atoms with Crippen molar-refractivity contribution in [3.8, 4) is 0 Å². The third-order valence-electron chi connectivity index (χ3n) is 6.32. The Morgan fingerprint density at radius 3 is 2.68 bits per heavy atom. The molecule has 1 heterocycles. The van der Waals surface area contributed by atoms with Crippen molar-refractivity contribution < 1.29 is 23.4 Å².